The minimum atomic E-state index is -0.534. The summed E-state index contributed by atoms with van der Waals surface area (Å²) in [5, 5.41) is 2.84. The number of aliphatic imine (C=N–C) groups is 1. The van der Waals surface area contributed by atoms with Crippen molar-refractivity contribution in [1.29, 1.82) is 0 Å². The maximum Gasteiger partial charge on any atom is 0.270 e. The van der Waals surface area contributed by atoms with Crippen molar-refractivity contribution in [2.24, 2.45) is 16.5 Å². The molecule has 0 aromatic rings. The largest absolute Gasteiger partial charge is 0.370 e. The molecule has 2 amide bonds. The van der Waals surface area contributed by atoms with Gasteiger partial charge in [-0.15, -0.1) is 0 Å². The summed E-state index contributed by atoms with van der Waals surface area (Å²) >= 11 is 0. The minimum absolute atomic E-state index is 0.0119. The lowest BCUT2D eigenvalue weighted by Crippen LogP contribution is -2.54. The Hall–Kier alpha value is -2.13. The monoisotopic (exact) mass is 355 g/mol. The number of carbonyl (C=O) groups is 2. The number of nitrogens with two attached hydrogens (primary N) is 2. The van der Waals surface area contributed by atoms with Gasteiger partial charge in [0.2, 0.25) is 5.91 Å². The van der Waals surface area contributed by atoms with Crippen LogP contribution >= 0.6 is 0 Å². The molecular formula is C16H29N5O4. The first-order valence-corrected chi connectivity index (χ1v) is 8.37. The van der Waals surface area contributed by atoms with Gasteiger partial charge in [0.25, 0.3) is 5.91 Å². The highest BCUT2D eigenvalue weighted by atomic mass is 16.6. The second kappa shape index (κ2) is 10.00. The molecule has 0 unspecified atom stereocenters. The van der Waals surface area contributed by atoms with Gasteiger partial charge < -0.3 is 21.5 Å². The smallest absolute Gasteiger partial charge is 0.270 e. The fourth-order valence-corrected chi connectivity index (χ4v) is 2.83. The Morgan fingerprint density at radius 3 is 2.48 bits per heavy atom. The van der Waals surface area contributed by atoms with E-state index in [1.165, 1.54) is 14.0 Å². The topological polar surface area (TPSA) is 141 Å². The number of ether oxygens (including phenoxy) is 1. The molecule has 1 aliphatic carbocycles. The zero-order valence-electron chi connectivity index (χ0n) is 15.2. The van der Waals surface area contributed by atoms with Gasteiger partial charge in [0.1, 0.15) is 0 Å². The first kappa shape index (κ1) is 20.9. The first-order chi connectivity index (χ1) is 11.8. The third-order valence-electron chi connectivity index (χ3n) is 3.99. The minimum Gasteiger partial charge on any atom is -0.370 e. The average Bonchev–Trinajstić information content (AvgIpc) is 2.54. The standard InChI is InChI=1S/C16H29N5O4/c1-5-11(6-2)25-13-8-10(15(23)21-24-4)7-12(20-16(17)18)14(13)19-9(3)22/h8,11-14H,5-7H2,1-4H3,(H,19,22)(H,21,23)(H4,17,18,20)/t12-,13+,14+/m0/s1. The van der Waals surface area contributed by atoms with Crippen molar-refractivity contribution in [1.82, 2.24) is 10.8 Å². The fraction of sp³-hybridized carbons (Fsp3) is 0.688. The molecule has 1 rings (SSSR count). The van der Waals surface area contributed by atoms with Crippen LogP contribution in [0, 0.1) is 0 Å². The molecule has 0 radical (unpaired) electrons. The molecule has 6 N–H and O–H groups in total. The Kier molecular flexibility index (Phi) is 8.36. The highest BCUT2D eigenvalue weighted by molar-refractivity contribution is 5.93. The molecule has 0 aliphatic heterocycles. The molecule has 0 fully saturated rings. The summed E-state index contributed by atoms with van der Waals surface area (Å²) < 4.78 is 6.11. The number of nitrogens with zero attached hydrogens (tertiary/aromatic N) is 1. The molecule has 3 atom stereocenters. The van der Waals surface area contributed by atoms with Crippen LogP contribution in [0.3, 0.4) is 0 Å². The molecule has 0 aromatic carbocycles. The van der Waals surface area contributed by atoms with E-state index in [4.69, 9.17) is 16.2 Å². The summed E-state index contributed by atoms with van der Waals surface area (Å²) in [5.74, 6) is -0.732. The van der Waals surface area contributed by atoms with Gasteiger partial charge in [0.15, 0.2) is 5.96 Å². The number of nitrogens with one attached hydrogen (secondary N) is 2. The summed E-state index contributed by atoms with van der Waals surface area (Å²) in [5.41, 5.74) is 13.8. The molecule has 0 spiro atoms. The predicted octanol–water partition coefficient (Wildman–Crippen LogP) is -0.285. The number of hydrogen-bond donors (Lipinski definition) is 4. The maximum absolute atomic E-state index is 12.2. The van der Waals surface area contributed by atoms with Gasteiger partial charge in [-0.3, -0.25) is 14.4 Å². The van der Waals surface area contributed by atoms with Crippen molar-refractivity contribution in [2.75, 3.05) is 7.11 Å². The van der Waals surface area contributed by atoms with E-state index in [2.05, 4.69) is 20.6 Å². The van der Waals surface area contributed by atoms with Crippen molar-refractivity contribution in [3.8, 4) is 0 Å². The van der Waals surface area contributed by atoms with Gasteiger partial charge in [-0.25, -0.2) is 10.5 Å². The lowest BCUT2D eigenvalue weighted by molar-refractivity contribution is -0.128. The van der Waals surface area contributed by atoms with Crippen LogP contribution in [0.4, 0.5) is 0 Å². The summed E-state index contributed by atoms with van der Waals surface area (Å²) in [6.45, 7) is 5.44. The van der Waals surface area contributed by atoms with Crippen LogP contribution in [0.1, 0.15) is 40.0 Å². The summed E-state index contributed by atoms with van der Waals surface area (Å²) in [4.78, 5) is 32.7. The number of hydrogen-bond acceptors (Lipinski definition) is 5. The van der Waals surface area contributed by atoms with Gasteiger partial charge in [-0.2, -0.15) is 0 Å². The van der Waals surface area contributed by atoms with E-state index < -0.39 is 24.1 Å². The lowest BCUT2D eigenvalue weighted by Gasteiger charge is -2.36. The van der Waals surface area contributed by atoms with Gasteiger partial charge >= 0.3 is 0 Å². The first-order valence-electron chi connectivity index (χ1n) is 8.37. The molecule has 142 valence electrons. The molecule has 0 aromatic heterocycles. The highest BCUT2D eigenvalue weighted by Crippen LogP contribution is 2.26. The van der Waals surface area contributed by atoms with Crippen molar-refractivity contribution in [3.05, 3.63) is 11.6 Å². The van der Waals surface area contributed by atoms with Crippen molar-refractivity contribution in [2.45, 2.75) is 64.3 Å². The van der Waals surface area contributed by atoms with Crippen LogP contribution < -0.4 is 22.3 Å². The van der Waals surface area contributed by atoms with Crippen LogP contribution in [0.15, 0.2) is 16.6 Å². The highest BCUT2D eigenvalue weighted by Gasteiger charge is 2.37. The molecule has 9 nitrogen and oxygen atoms in total. The number of amides is 2. The zero-order chi connectivity index (χ0) is 19.0. The Balaban J connectivity index is 3.22. The third-order valence-corrected chi connectivity index (χ3v) is 3.99. The van der Waals surface area contributed by atoms with E-state index in [1.54, 1.807) is 6.08 Å². The van der Waals surface area contributed by atoms with E-state index >= 15 is 0 Å². The second-order valence-corrected chi connectivity index (χ2v) is 5.92. The van der Waals surface area contributed by atoms with Crippen LogP contribution in [0.25, 0.3) is 0 Å². The molecular weight excluding hydrogens is 326 g/mol. The Labute approximate surface area is 148 Å². The van der Waals surface area contributed by atoms with Crippen molar-refractivity contribution in [3.63, 3.8) is 0 Å². The van der Waals surface area contributed by atoms with Crippen molar-refractivity contribution >= 4 is 17.8 Å². The van der Waals surface area contributed by atoms with E-state index in [0.29, 0.717) is 5.57 Å². The van der Waals surface area contributed by atoms with E-state index in [9.17, 15) is 9.59 Å². The molecule has 0 saturated heterocycles. The quantitative estimate of drug-likeness (QED) is 0.268. The molecule has 0 heterocycles. The molecule has 0 saturated carbocycles. The van der Waals surface area contributed by atoms with E-state index in [0.717, 1.165) is 12.8 Å². The molecule has 1 aliphatic rings. The molecule has 0 bridgehead atoms. The third kappa shape index (κ3) is 6.35. The maximum atomic E-state index is 12.2. The summed E-state index contributed by atoms with van der Waals surface area (Å²) in [6.07, 6.45) is 3.02. The Morgan fingerprint density at radius 2 is 2.00 bits per heavy atom. The molecule has 9 heteroatoms. The van der Waals surface area contributed by atoms with Gasteiger partial charge in [-0.05, 0) is 18.9 Å². The number of hydroxylamine groups is 1. The SMILES string of the molecule is CCC(CC)O[C@@H]1C=C(C(=O)NOC)C[C@H](N=C(N)N)[C@H]1NC(C)=O. The van der Waals surface area contributed by atoms with E-state index in [-0.39, 0.29) is 24.4 Å². The second-order valence-electron chi connectivity index (χ2n) is 5.92. The summed E-state index contributed by atoms with van der Waals surface area (Å²) in [7, 11) is 1.35. The van der Waals surface area contributed by atoms with Gasteiger partial charge in [0, 0.05) is 18.9 Å². The lowest BCUT2D eigenvalue weighted by atomic mass is 9.87. The average molecular weight is 355 g/mol. The van der Waals surface area contributed by atoms with Crippen molar-refractivity contribution < 1.29 is 19.2 Å². The number of rotatable bonds is 8. The predicted molar refractivity (Wildman–Crippen MR) is 94.3 cm³/mol. The van der Waals surface area contributed by atoms with Crippen LogP contribution in [0.2, 0.25) is 0 Å². The van der Waals surface area contributed by atoms with Gasteiger partial charge in [0.05, 0.1) is 31.4 Å². The summed E-state index contributed by atoms with van der Waals surface area (Å²) in [6, 6.07) is -0.991. The van der Waals surface area contributed by atoms with Crippen LogP contribution in [-0.4, -0.2) is 49.2 Å². The zero-order valence-corrected chi connectivity index (χ0v) is 15.2. The van der Waals surface area contributed by atoms with Crippen LogP contribution in [-0.2, 0) is 19.2 Å². The van der Waals surface area contributed by atoms with Crippen LogP contribution in [0.5, 0.6) is 0 Å². The van der Waals surface area contributed by atoms with E-state index in [1.807, 2.05) is 13.8 Å². The normalized spacial score (nSPS) is 22.9. The van der Waals surface area contributed by atoms with Gasteiger partial charge in [-0.1, -0.05) is 13.8 Å². The molecule has 25 heavy (non-hydrogen) atoms. The number of carbonyl (C=O) groups excluding carboxylic acids is 2. The number of guanidine groups is 1. The Bertz CT molecular complexity index is 527. The Morgan fingerprint density at radius 1 is 1.36 bits per heavy atom. The fourth-order valence-electron chi connectivity index (χ4n) is 2.83.